The van der Waals surface area contributed by atoms with Crippen molar-refractivity contribution in [1.82, 2.24) is 14.5 Å². The minimum Gasteiger partial charge on any atom is -0.457 e. The Hall–Kier alpha value is -6.40. The van der Waals surface area contributed by atoms with Crippen molar-refractivity contribution in [2.24, 2.45) is 0 Å². The Morgan fingerprint density at radius 3 is 2.09 bits per heavy atom. The molecule has 6 heteroatoms. The predicted molar refractivity (Wildman–Crippen MR) is 228 cm³/mol. The van der Waals surface area contributed by atoms with Crippen molar-refractivity contribution < 1.29 is 4.74 Å². The van der Waals surface area contributed by atoms with Crippen LogP contribution >= 0.6 is 0 Å². The minimum atomic E-state index is -0.00759. The zero-order valence-electron chi connectivity index (χ0n) is 32.3. The van der Waals surface area contributed by atoms with Crippen LogP contribution < -0.4 is 14.5 Å². The first-order valence-electron chi connectivity index (χ1n) is 19.0. The number of aromatic nitrogens is 3. The Balaban J connectivity index is 1.09. The second-order valence-electron chi connectivity index (χ2n) is 16.5. The lowest BCUT2D eigenvalue weighted by Gasteiger charge is -2.27. The maximum atomic E-state index is 6.69. The van der Waals surface area contributed by atoms with Gasteiger partial charge in [0.05, 0.1) is 22.4 Å². The maximum Gasteiger partial charge on any atom is 0.158 e. The largest absolute Gasteiger partial charge is 0.457 e. The van der Waals surface area contributed by atoms with Crippen LogP contribution in [-0.4, -0.2) is 21.2 Å². The summed E-state index contributed by atoms with van der Waals surface area (Å²) in [6, 6.07) is 49.2. The molecule has 272 valence electrons. The first kappa shape index (κ1) is 34.4. The van der Waals surface area contributed by atoms with Crippen LogP contribution in [0.2, 0.25) is 0 Å². The molecule has 6 nitrogen and oxygen atoms in total. The summed E-state index contributed by atoms with van der Waals surface area (Å²) in [5.41, 5.74) is 10.3. The number of rotatable bonds is 6. The highest BCUT2D eigenvalue weighted by Crippen LogP contribution is 2.47. The topological polar surface area (TPSA) is 46.4 Å². The molecular formula is C49H45N5O. The molecule has 0 atom stereocenters. The van der Waals surface area contributed by atoms with E-state index >= 15 is 0 Å². The van der Waals surface area contributed by atoms with Crippen LogP contribution in [0, 0.1) is 0 Å². The summed E-state index contributed by atoms with van der Waals surface area (Å²) in [5.74, 6) is 3.35. The molecule has 0 saturated carbocycles. The number of nitrogens with zero attached hydrogens (tertiary/aromatic N) is 5. The third kappa shape index (κ3) is 6.27. The van der Waals surface area contributed by atoms with Gasteiger partial charge in [-0.05, 0) is 88.2 Å². The van der Waals surface area contributed by atoms with Crippen molar-refractivity contribution >= 4 is 44.7 Å². The van der Waals surface area contributed by atoms with E-state index in [-0.39, 0.29) is 10.8 Å². The lowest BCUT2D eigenvalue weighted by molar-refractivity contribution is 0.483. The Labute approximate surface area is 323 Å². The van der Waals surface area contributed by atoms with Gasteiger partial charge in [-0.15, -0.1) is 0 Å². The second kappa shape index (κ2) is 13.2. The van der Waals surface area contributed by atoms with E-state index in [0.29, 0.717) is 6.67 Å². The Bertz CT molecular complexity index is 2700. The number of benzene rings is 5. The molecule has 0 fully saturated rings. The molecule has 0 N–H and O–H groups in total. The van der Waals surface area contributed by atoms with E-state index in [9.17, 15) is 0 Å². The molecule has 0 radical (unpaired) electrons. The van der Waals surface area contributed by atoms with Gasteiger partial charge in [0, 0.05) is 46.5 Å². The van der Waals surface area contributed by atoms with Crippen molar-refractivity contribution in [3.8, 4) is 28.4 Å². The molecule has 0 unspecified atom stereocenters. The summed E-state index contributed by atoms with van der Waals surface area (Å²) in [6.07, 6.45) is 3.80. The fraction of sp³-hybridized carbons (Fsp3) is 0.184. The summed E-state index contributed by atoms with van der Waals surface area (Å²) in [7, 11) is 0. The van der Waals surface area contributed by atoms with Crippen LogP contribution in [-0.2, 0) is 10.8 Å². The van der Waals surface area contributed by atoms with E-state index in [4.69, 9.17) is 14.7 Å². The third-order valence-electron chi connectivity index (χ3n) is 10.7. The van der Waals surface area contributed by atoms with Gasteiger partial charge >= 0.3 is 0 Å². The number of pyridine rings is 2. The lowest BCUT2D eigenvalue weighted by Crippen LogP contribution is -2.25. The first-order chi connectivity index (χ1) is 26.5. The maximum absolute atomic E-state index is 6.69. The van der Waals surface area contributed by atoms with Gasteiger partial charge in [-0.1, -0.05) is 108 Å². The monoisotopic (exact) mass is 719 g/mol. The highest BCUT2D eigenvalue weighted by Gasteiger charge is 2.32. The molecule has 9 rings (SSSR count). The molecule has 4 heterocycles. The van der Waals surface area contributed by atoms with Crippen LogP contribution in [0.5, 0.6) is 11.5 Å². The normalized spacial score (nSPS) is 13.1. The molecule has 3 aromatic heterocycles. The zero-order chi connectivity index (χ0) is 37.9. The highest BCUT2D eigenvalue weighted by atomic mass is 16.5. The molecule has 8 aromatic rings. The average molecular weight is 720 g/mol. The summed E-state index contributed by atoms with van der Waals surface area (Å²) in [4.78, 5) is 14.5. The van der Waals surface area contributed by atoms with Crippen LogP contribution in [0.3, 0.4) is 0 Å². The van der Waals surface area contributed by atoms with E-state index in [0.717, 1.165) is 56.6 Å². The van der Waals surface area contributed by atoms with Crippen LogP contribution in [0.4, 0.5) is 22.9 Å². The number of hydrogen-bond acceptors (Lipinski definition) is 5. The second-order valence-corrected chi connectivity index (χ2v) is 16.5. The smallest absolute Gasteiger partial charge is 0.158 e. The van der Waals surface area contributed by atoms with Crippen molar-refractivity contribution in [2.45, 2.75) is 52.4 Å². The minimum absolute atomic E-state index is 0.000661. The Morgan fingerprint density at radius 1 is 0.527 bits per heavy atom. The number of ether oxygens (including phenoxy) is 1. The van der Waals surface area contributed by atoms with Crippen LogP contribution in [0.15, 0.2) is 152 Å². The number of fused-ring (bicyclic) bond motifs is 4. The molecule has 0 aliphatic carbocycles. The molecule has 1 aliphatic heterocycles. The van der Waals surface area contributed by atoms with Gasteiger partial charge in [0.15, 0.2) is 5.82 Å². The van der Waals surface area contributed by atoms with Crippen molar-refractivity contribution in [2.75, 3.05) is 16.5 Å². The standard InChI is InChI=1S/C49H45N5O/c1-48(2,3)34-21-23-39(33-14-8-7-9-15-33)44(28-34)53-32-52(43-20-13-26-51-47(43)53)36-16-12-17-37(30-36)55-38-22-24-41-40-18-10-11-19-42(40)54(45(41)31-38)46-29-35(25-27-50-46)49(4,5)6/h7-31H,32H2,1-6H3. The first-order valence-corrected chi connectivity index (χ1v) is 19.0. The number of para-hydroxylation sites is 1. The van der Waals surface area contributed by atoms with E-state index in [1.165, 1.54) is 27.6 Å². The summed E-state index contributed by atoms with van der Waals surface area (Å²) >= 11 is 0. The fourth-order valence-electron chi connectivity index (χ4n) is 7.70. The van der Waals surface area contributed by atoms with Gasteiger partial charge in [0.25, 0.3) is 0 Å². The van der Waals surface area contributed by atoms with Gasteiger partial charge in [0.1, 0.15) is 24.0 Å². The Kier molecular flexibility index (Phi) is 8.23. The Morgan fingerprint density at radius 2 is 1.27 bits per heavy atom. The van der Waals surface area contributed by atoms with Gasteiger partial charge in [-0.2, -0.15) is 0 Å². The predicted octanol–water partition coefficient (Wildman–Crippen LogP) is 12.9. The molecule has 0 spiro atoms. The summed E-state index contributed by atoms with van der Waals surface area (Å²) in [6.45, 7) is 14.1. The third-order valence-corrected chi connectivity index (χ3v) is 10.7. The van der Waals surface area contributed by atoms with Crippen molar-refractivity contribution in [1.29, 1.82) is 0 Å². The molecular weight excluding hydrogens is 675 g/mol. The fourth-order valence-corrected chi connectivity index (χ4v) is 7.70. The number of hydrogen-bond donors (Lipinski definition) is 0. The molecule has 1 aliphatic rings. The van der Waals surface area contributed by atoms with Crippen molar-refractivity contribution in [3.63, 3.8) is 0 Å². The number of anilines is 4. The molecule has 5 aromatic carbocycles. The van der Waals surface area contributed by atoms with E-state index in [2.05, 4.69) is 183 Å². The zero-order valence-corrected chi connectivity index (χ0v) is 32.3. The van der Waals surface area contributed by atoms with Gasteiger partial charge in [0.2, 0.25) is 0 Å². The van der Waals surface area contributed by atoms with Gasteiger partial charge in [-0.3, -0.25) is 4.57 Å². The highest BCUT2D eigenvalue weighted by molar-refractivity contribution is 6.09. The molecule has 0 bridgehead atoms. The summed E-state index contributed by atoms with van der Waals surface area (Å²) < 4.78 is 8.95. The van der Waals surface area contributed by atoms with E-state index < -0.39 is 0 Å². The summed E-state index contributed by atoms with van der Waals surface area (Å²) in [5, 5.41) is 2.34. The van der Waals surface area contributed by atoms with Gasteiger partial charge < -0.3 is 14.5 Å². The van der Waals surface area contributed by atoms with Gasteiger partial charge in [-0.25, -0.2) is 9.97 Å². The molecule has 0 amide bonds. The van der Waals surface area contributed by atoms with E-state index in [1.54, 1.807) is 0 Å². The quantitative estimate of drug-likeness (QED) is 0.171. The lowest BCUT2D eigenvalue weighted by atomic mass is 9.85. The van der Waals surface area contributed by atoms with Crippen molar-refractivity contribution in [3.05, 3.63) is 163 Å². The molecule has 0 saturated heterocycles. The SMILES string of the molecule is CC(C)(C)c1ccnc(-n2c3ccccc3c3ccc(Oc4cccc(N5CN(c6cc(C(C)(C)C)ccc6-c6ccccc6)c6ncccc65)c4)cc32)c1. The van der Waals surface area contributed by atoms with Crippen LogP contribution in [0.25, 0.3) is 38.8 Å². The molecule has 55 heavy (non-hydrogen) atoms. The average Bonchev–Trinajstić information content (AvgIpc) is 3.74. The van der Waals surface area contributed by atoms with Crippen LogP contribution in [0.1, 0.15) is 52.7 Å². The van der Waals surface area contributed by atoms with E-state index in [1.807, 2.05) is 24.5 Å².